The number of hydrogen-bond acceptors (Lipinski definition) is 4. The predicted octanol–water partition coefficient (Wildman–Crippen LogP) is 2.06. The molecule has 0 amide bonds. The normalized spacial score (nSPS) is 13.6. The van der Waals surface area contributed by atoms with Crippen LogP contribution in [0, 0.1) is 0 Å². The lowest BCUT2D eigenvalue weighted by molar-refractivity contribution is 0.588. The minimum Gasteiger partial charge on any atom is -0.324 e. The monoisotopic (exact) mass is 278 g/mol. The summed E-state index contributed by atoms with van der Waals surface area (Å²) < 4.78 is 22.2. The minimum absolute atomic E-state index is 0.158. The summed E-state index contributed by atoms with van der Waals surface area (Å²) in [7, 11) is -2.91. The highest BCUT2D eigenvalue weighted by atomic mass is 32.2. The maximum absolute atomic E-state index is 11.1. The van der Waals surface area contributed by atoms with Gasteiger partial charge in [0.2, 0.25) is 0 Å². The molecule has 0 aliphatic heterocycles. The van der Waals surface area contributed by atoms with Crippen LogP contribution >= 0.6 is 0 Å². The lowest BCUT2D eigenvalue weighted by atomic mass is 9.99. The van der Waals surface area contributed by atoms with Crippen molar-refractivity contribution in [3.8, 4) is 0 Å². The molecule has 0 saturated heterocycles. The summed E-state index contributed by atoms with van der Waals surface area (Å²) in [6.45, 7) is 0. The summed E-state index contributed by atoms with van der Waals surface area (Å²) in [4.78, 5) is 4.29. The first-order valence-corrected chi connectivity index (χ1v) is 8.30. The van der Waals surface area contributed by atoms with Crippen LogP contribution in [0.1, 0.15) is 24.4 Å². The number of nitrogens with two attached hydrogens (primary N) is 1. The van der Waals surface area contributed by atoms with Gasteiger partial charge < -0.3 is 5.73 Å². The van der Waals surface area contributed by atoms with Crippen molar-refractivity contribution in [2.24, 2.45) is 5.73 Å². The number of pyridine rings is 1. The van der Waals surface area contributed by atoms with Gasteiger partial charge in [-0.05, 0) is 30.5 Å². The van der Waals surface area contributed by atoms with Gasteiger partial charge in [0, 0.05) is 29.6 Å². The van der Waals surface area contributed by atoms with Crippen LogP contribution in [0.4, 0.5) is 0 Å². The number of aromatic nitrogens is 1. The molecule has 0 spiro atoms. The third kappa shape index (κ3) is 3.75. The van der Waals surface area contributed by atoms with Crippen molar-refractivity contribution in [1.82, 2.24) is 4.98 Å². The average molecular weight is 278 g/mol. The second kappa shape index (κ2) is 5.67. The first-order chi connectivity index (χ1) is 8.97. The first kappa shape index (κ1) is 14.0. The zero-order valence-electron chi connectivity index (χ0n) is 10.9. The molecule has 0 aliphatic carbocycles. The number of nitrogens with zero attached hydrogens (tertiary/aromatic N) is 1. The highest BCUT2D eigenvalue weighted by molar-refractivity contribution is 7.90. The number of benzene rings is 1. The van der Waals surface area contributed by atoms with Gasteiger partial charge in [-0.1, -0.05) is 18.2 Å². The Morgan fingerprint density at radius 2 is 2.05 bits per heavy atom. The van der Waals surface area contributed by atoms with Crippen LogP contribution in [0.2, 0.25) is 0 Å². The Labute approximate surface area is 113 Å². The molecule has 1 aromatic heterocycles. The molecule has 1 atom stereocenters. The Hall–Kier alpha value is -1.46. The van der Waals surface area contributed by atoms with Crippen molar-refractivity contribution < 1.29 is 8.42 Å². The predicted molar refractivity (Wildman–Crippen MR) is 77.6 cm³/mol. The van der Waals surface area contributed by atoms with Gasteiger partial charge in [-0.15, -0.1) is 0 Å². The van der Waals surface area contributed by atoms with E-state index in [2.05, 4.69) is 4.98 Å². The van der Waals surface area contributed by atoms with Crippen LogP contribution in [0.5, 0.6) is 0 Å². The fraction of sp³-hybridized carbons (Fsp3) is 0.357. The largest absolute Gasteiger partial charge is 0.324 e. The van der Waals surface area contributed by atoms with E-state index in [1.54, 1.807) is 6.20 Å². The molecule has 1 heterocycles. The SMILES string of the molecule is CS(=O)(=O)CCCC(N)c1cccc2ncccc12. The van der Waals surface area contributed by atoms with Crippen LogP contribution in [0.15, 0.2) is 36.5 Å². The van der Waals surface area contributed by atoms with Crippen LogP contribution in [0.25, 0.3) is 10.9 Å². The van der Waals surface area contributed by atoms with Gasteiger partial charge in [0.25, 0.3) is 0 Å². The zero-order chi connectivity index (χ0) is 13.9. The van der Waals surface area contributed by atoms with Crippen LogP contribution in [-0.4, -0.2) is 25.4 Å². The summed E-state index contributed by atoms with van der Waals surface area (Å²) in [5, 5.41) is 1.04. The van der Waals surface area contributed by atoms with Gasteiger partial charge >= 0.3 is 0 Å². The molecule has 2 rings (SSSR count). The Kier molecular flexibility index (Phi) is 4.17. The Morgan fingerprint density at radius 1 is 1.26 bits per heavy atom. The van der Waals surface area contributed by atoms with E-state index < -0.39 is 9.84 Å². The molecule has 102 valence electrons. The summed E-state index contributed by atoms with van der Waals surface area (Å²) in [6, 6.07) is 9.58. The van der Waals surface area contributed by atoms with Crippen LogP contribution in [0.3, 0.4) is 0 Å². The topological polar surface area (TPSA) is 73.0 Å². The lowest BCUT2D eigenvalue weighted by Gasteiger charge is -2.14. The van der Waals surface area contributed by atoms with Gasteiger partial charge in [0.05, 0.1) is 5.52 Å². The van der Waals surface area contributed by atoms with Crippen molar-refractivity contribution in [3.63, 3.8) is 0 Å². The summed E-state index contributed by atoms with van der Waals surface area (Å²) >= 11 is 0. The zero-order valence-corrected chi connectivity index (χ0v) is 11.7. The number of fused-ring (bicyclic) bond motifs is 1. The lowest BCUT2D eigenvalue weighted by Crippen LogP contribution is -2.13. The fourth-order valence-corrected chi connectivity index (χ4v) is 2.86. The second-order valence-corrected chi connectivity index (χ2v) is 7.06. The van der Waals surface area contributed by atoms with E-state index in [9.17, 15) is 8.42 Å². The molecule has 1 unspecified atom stereocenters. The van der Waals surface area contributed by atoms with Crippen molar-refractivity contribution in [2.75, 3.05) is 12.0 Å². The van der Waals surface area contributed by atoms with Crippen LogP contribution < -0.4 is 5.73 Å². The number of sulfone groups is 1. The summed E-state index contributed by atoms with van der Waals surface area (Å²) in [6.07, 6.45) is 4.24. The smallest absolute Gasteiger partial charge is 0.147 e. The van der Waals surface area contributed by atoms with Crippen molar-refractivity contribution in [3.05, 3.63) is 42.1 Å². The minimum atomic E-state index is -2.91. The first-order valence-electron chi connectivity index (χ1n) is 6.24. The summed E-state index contributed by atoms with van der Waals surface area (Å²) in [5.41, 5.74) is 8.11. The number of hydrogen-bond donors (Lipinski definition) is 1. The van der Waals surface area contributed by atoms with E-state index in [0.717, 1.165) is 16.5 Å². The molecule has 2 N–H and O–H groups in total. The Bertz CT molecular complexity index is 663. The van der Waals surface area contributed by atoms with Crippen LogP contribution in [-0.2, 0) is 9.84 Å². The molecule has 2 aromatic rings. The molecule has 0 saturated carbocycles. The molecule has 4 nitrogen and oxygen atoms in total. The molecule has 0 bridgehead atoms. The third-order valence-corrected chi connectivity index (χ3v) is 4.14. The van der Waals surface area contributed by atoms with Gasteiger partial charge in [0.15, 0.2) is 0 Å². The highest BCUT2D eigenvalue weighted by Gasteiger charge is 2.11. The molecule has 1 aromatic carbocycles. The molecular formula is C14H18N2O2S. The summed E-state index contributed by atoms with van der Waals surface area (Å²) in [5.74, 6) is 0.184. The van der Waals surface area contributed by atoms with Crippen molar-refractivity contribution in [2.45, 2.75) is 18.9 Å². The fourth-order valence-electron chi connectivity index (χ4n) is 2.17. The van der Waals surface area contributed by atoms with E-state index >= 15 is 0 Å². The van der Waals surface area contributed by atoms with E-state index in [-0.39, 0.29) is 11.8 Å². The molecule has 0 aliphatic rings. The molecule has 0 fully saturated rings. The maximum Gasteiger partial charge on any atom is 0.147 e. The van der Waals surface area contributed by atoms with Gasteiger partial charge in [-0.2, -0.15) is 0 Å². The van der Waals surface area contributed by atoms with E-state index in [1.807, 2.05) is 30.3 Å². The molecule has 5 heteroatoms. The highest BCUT2D eigenvalue weighted by Crippen LogP contribution is 2.24. The third-order valence-electron chi connectivity index (χ3n) is 3.11. The quantitative estimate of drug-likeness (QED) is 0.908. The molecule has 19 heavy (non-hydrogen) atoms. The standard InChI is InChI=1S/C14H18N2O2S/c1-19(17,18)10-4-7-13(15)11-5-2-8-14-12(11)6-3-9-16-14/h2-3,5-6,8-9,13H,4,7,10,15H2,1H3. The van der Waals surface area contributed by atoms with Gasteiger partial charge in [0.1, 0.15) is 9.84 Å². The maximum atomic E-state index is 11.1. The average Bonchev–Trinajstić information content (AvgIpc) is 2.36. The number of rotatable bonds is 5. The van der Waals surface area contributed by atoms with Gasteiger partial charge in [-0.3, -0.25) is 4.98 Å². The second-order valence-electron chi connectivity index (χ2n) is 4.80. The van der Waals surface area contributed by atoms with Crippen molar-refractivity contribution >= 4 is 20.7 Å². The van der Waals surface area contributed by atoms with Crippen molar-refractivity contribution in [1.29, 1.82) is 0 Å². The molecule has 0 radical (unpaired) electrons. The Morgan fingerprint density at radius 3 is 2.79 bits per heavy atom. The van der Waals surface area contributed by atoms with Gasteiger partial charge in [-0.25, -0.2) is 8.42 Å². The van der Waals surface area contributed by atoms with E-state index in [0.29, 0.717) is 12.8 Å². The van der Waals surface area contributed by atoms with E-state index in [1.165, 1.54) is 6.26 Å². The Balaban J connectivity index is 2.15. The molecular weight excluding hydrogens is 260 g/mol. The van der Waals surface area contributed by atoms with E-state index in [4.69, 9.17) is 5.73 Å².